The quantitative estimate of drug-likeness (QED) is 0.601. The Hall–Kier alpha value is -1.58. The monoisotopic (exact) mass is 135 g/mol. The van der Waals surface area contributed by atoms with Crippen LogP contribution in [-0.4, -0.2) is 16.9 Å². The number of H-pyrrole nitrogens is 1. The molecule has 0 spiro atoms. The number of rotatable bonds is 1. The second-order valence-electron chi connectivity index (χ2n) is 1.90. The minimum atomic E-state index is 0.493. The van der Waals surface area contributed by atoms with E-state index in [0.29, 0.717) is 5.88 Å². The molecule has 0 saturated heterocycles. The van der Waals surface area contributed by atoms with E-state index >= 15 is 0 Å². The molecule has 0 unspecified atom stereocenters. The second-order valence-corrected chi connectivity index (χ2v) is 1.90. The maximum Gasteiger partial charge on any atom is 0.256 e. The van der Waals surface area contributed by atoms with E-state index in [4.69, 9.17) is 4.52 Å². The lowest BCUT2D eigenvalue weighted by molar-refractivity contribution is 0.435. The fourth-order valence-electron chi connectivity index (χ4n) is 0.853. The van der Waals surface area contributed by atoms with Gasteiger partial charge in [0.15, 0.2) is 0 Å². The van der Waals surface area contributed by atoms with Gasteiger partial charge < -0.3 is 4.52 Å². The molecule has 0 aliphatic carbocycles. The van der Waals surface area contributed by atoms with E-state index in [1.54, 1.807) is 12.4 Å². The molecule has 10 heavy (non-hydrogen) atoms. The summed E-state index contributed by atoms with van der Waals surface area (Å²) in [6, 6.07) is 0. The van der Waals surface area contributed by atoms with E-state index in [9.17, 15) is 0 Å². The molecule has 0 radical (unpaired) electrons. The standard InChI is InChI=1S/C6H5N3O/c1-7-6-4-2-8-3-5(4)9-10-6/h2-3,9H,1H2. The zero-order valence-corrected chi connectivity index (χ0v) is 5.16. The van der Waals surface area contributed by atoms with Crippen molar-refractivity contribution in [3.05, 3.63) is 12.4 Å². The van der Waals surface area contributed by atoms with E-state index in [1.165, 1.54) is 0 Å². The molecule has 0 atom stereocenters. The average Bonchev–Trinajstić information content (AvgIpc) is 2.44. The molecule has 0 fully saturated rings. The average molecular weight is 135 g/mol. The van der Waals surface area contributed by atoms with Crippen LogP contribution >= 0.6 is 0 Å². The Morgan fingerprint density at radius 2 is 2.50 bits per heavy atom. The first kappa shape index (κ1) is 5.22. The molecular weight excluding hydrogens is 130 g/mol. The van der Waals surface area contributed by atoms with Crippen LogP contribution in [0.3, 0.4) is 0 Å². The van der Waals surface area contributed by atoms with E-state index in [1.807, 2.05) is 0 Å². The van der Waals surface area contributed by atoms with E-state index in [-0.39, 0.29) is 0 Å². The van der Waals surface area contributed by atoms with E-state index < -0.39 is 0 Å². The molecule has 0 aromatic rings. The lowest BCUT2D eigenvalue weighted by atomic mass is 10.3. The van der Waals surface area contributed by atoms with Gasteiger partial charge in [-0.25, -0.2) is 10.1 Å². The molecule has 4 heteroatoms. The summed E-state index contributed by atoms with van der Waals surface area (Å²) in [6.45, 7) is 3.34. The lowest BCUT2D eigenvalue weighted by Crippen LogP contribution is -1.61. The van der Waals surface area contributed by atoms with Gasteiger partial charge in [-0.3, -0.25) is 4.98 Å². The molecule has 2 aliphatic rings. The highest BCUT2D eigenvalue weighted by Crippen LogP contribution is 2.30. The van der Waals surface area contributed by atoms with Crippen molar-refractivity contribution in [1.82, 2.24) is 10.1 Å². The normalized spacial score (nSPS) is 10.4. The fourth-order valence-corrected chi connectivity index (χ4v) is 0.853. The van der Waals surface area contributed by atoms with E-state index in [2.05, 4.69) is 21.9 Å². The van der Waals surface area contributed by atoms with Gasteiger partial charge in [-0.1, -0.05) is 0 Å². The smallest absolute Gasteiger partial charge is 0.256 e. The molecule has 50 valence electrons. The molecule has 2 heterocycles. The van der Waals surface area contributed by atoms with Crippen LogP contribution in [0.25, 0.3) is 11.3 Å². The number of aromatic nitrogens is 2. The molecule has 0 bridgehead atoms. The summed E-state index contributed by atoms with van der Waals surface area (Å²) in [4.78, 5) is 7.53. The van der Waals surface area contributed by atoms with Gasteiger partial charge >= 0.3 is 0 Å². The highest BCUT2D eigenvalue weighted by Gasteiger charge is 2.11. The SMILES string of the molecule is C=Nc1o[nH]c2cncc1-2. The number of aliphatic imine (C=N–C) groups is 1. The van der Waals surface area contributed by atoms with Gasteiger partial charge in [0.1, 0.15) is 5.69 Å². The predicted molar refractivity (Wildman–Crippen MR) is 36.7 cm³/mol. The van der Waals surface area contributed by atoms with Crippen molar-refractivity contribution in [3.63, 3.8) is 0 Å². The first-order valence-electron chi connectivity index (χ1n) is 2.79. The van der Waals surface area contributed by atoms with Crippen LogP contribution in [0.4, 0.5) is 5.88 Å². The maximum absolute atomic E-state index is 4.91. The van der Waals surface area contributed by atoms with Crippen molar-refractivity contribution in [3.8, 4) is 11.3 Å². The predicted octanol–water partition coefficient (Wildman–Crippen LogP) is 1.44. The van der Waals surface area contributed by atoms with Crippen LogP contribution in [0.15, 0.2) is 21.9 Å². The third-order valence-corrected chi connectivity index (χ3v) is 1.33. The zero-order chi connectivity index (χ0) is 6.97. The molecule has 0 saturated carbocycles. The Kier molecular flexibility index (Phi) is 0.887. The highest BCUT2D eigenvalue weighted by atomic mass is 16.5. The molecule has 4 nitrogen and oxygen atoms in total. The van der Waals surface area contributed by atoms with Gasteiger partial charge in [-0.15, -0.1) is 0 Å². The summed E-state index contributed by atoms with van der Waals surface area (Å²) in [5, 5.41) is 2.65. The molecule has 2 rings (SSSR count). The number of hydrogen-bond donors (Lipinski definition) is 1. The van der Waals surface area contributed by atoms with Crippen LogP contribution in [0, 0.1) is 0 Å². The molecule has 0 aromatic carbocycles. The number of fused-ring (bicyclic) bond motifs is 1. The summed E-state index contributed by atoms with van der Waals surface area (Å²) in [6.07, 6.45) is 3.35. The van der Waals surface area contributed by atoms with Crippen molar-refractivity contribution >= 4 is 12.6 Å². The summed E-state index contributed by atoms with van der Waals surface area (Å²) in [7, 11) is 0. The highest BCUT2D eigenvalue weighted by molar-refractivity contribution is 5.70. The van der Waals surface area contributed by atoms with Crippen LogP contribution in [0.2, 0.25) is 0 Å². The number of nitrogens with one attached hydrogen (secondary N) is 1. The van der Waals surface area contributed by atoms with Crippen molar-refractivity contribution in [2.24, 2.45) is 4.99 Å². The van der Waals surface area contributed by atoms with Gasteiger partial charge in [0.05, 0.1) is 11.8 Å². The Labute approximate surface area is 56.9 Å². The Balaban J connectivity index is 2.71. The van der Waals surface area contributed by atoms with Gasteiger partial charge in [-0.05, 0) is 6.72 Å². The van der Waals surface area contributed by atoms with Crippen LogP contribution in [-0.2, 0) is 0 Å². The number of nitrogens with zero attached hydrogens (tertiary/aromatic N) is 2. The number of hydrogen-bond acceptors (Lipinski definition) is 3. The molecular formula is C6H5N3O. The summed E-state index contributed by atoms with van der Waals surface area (Å²) in [5.74, 6) is 0.493. The van der Waals surface area contributed by atoms with Crippen molar-refractivity contribution in [1.29, 1.82) is 0 Å². The molecule has 0 amide bonds. The summed E-state index contributed by atoms with van der Waals surface area (Å²) >= 11 is 0. The Morgan fingerprint density at radius 3 is 3.30 bits per heavy atom. The topological polar surface area (TPSA) is 54.2 Å². The van der Waals surface area contributed by atoms with Crippen molar-refractivity contribution in [2.75, 3.05) is 0 Å². The van der Waals surface area contributed by atoms with Crippen LogP contribution < -0.4 is 0 Å². The van der Waals surface area contributed by atoms with Gasteiger partial charge in [-0.2, -0.15) is 0 Å². The maximum atomic E-state index is 4.91. The first-order valence-corrected chi connectivity index (χ1v) is 2.79. The third-order valence-electron chi connectivity index (χ3n) is 1.33. The van der Waals surface area contributed by atoms with Crippen LogP contribution in [0.1, 0.15) is 0 Å². The Bertz CT molecular complexity index is 322. The number of aromatic amines is 1. The molecule has 2 aliphatic heterocycles. The largest absolute Gasteiger partial charge is 0.361 e. The van der Waals surface area contributed by atoms with Gasteiger partial charge in [0.2, 0.25) is 0 Å². The lowest BCUT2D eigenvalue weighted by Gasteiger charge is -1.79. The van der Waals surface area contributed by atoms with Gasteiger partial charge in [0, 0.05) is 6.20 Å². The summed E-state index contributed by atoms with van der Waals surface area (Å²) in [5.41, 5.74) is 1.72. The van der Waals surface area contributed by atoms with E-state index in [0.717, 1.165) is 11.3 Å². The molecule has 1 N–H and O–H groups in total. The third kappa shape index (κ3) is 0.500. The first-order chi connectivity index (χ1) is 4.92. The minimum Gasteiger partial charge on any atom is -0.361 e. The fraction of sp³-hybridized carbons (Fsp3) is 0. The Morgan fingerprint density at radius 1 is 1.60 bits per heavy atom. The molecule has 0 aromatic heterocycles. The zero-order valence-electron chi connectivity index (χ0n) is 5.16. The second kappa shape index (κ2) is 1.70. The van der Waals surface area contributed by atoms with Crippen molar-refractivity contribution in [2.45, 2.75) is 0 Å². The van der Waals surface area contributed by atoms with Crippen molar-refractivity contribution < 1.29 is 4.52 Å². The van der Waals surface area contributed by atoms with Crippen LogP contribution in [0.5, 0.6) is 0 Å². The minimum absolute atomic E-state index is 0.493. The van der Waals surface area contributed by atoms with Gasteiger partial charge in [0.25, 0.3) is 5.88 Å². The summed E-state index contributed by atoms with van der Waals surface area (Å²) < 4.78 is 4.91.